The third-order valence-electron chi connectivity index (χ3n) is 3.43. The number of ether oxygens (including phenoxy) is 2. The predicted molar refractivity (Wildman–Crippen MR) is 88.4 cm³/mol. The Kier molecular flexibility index (Phi) is 4.88. The van der Waals surface area contributed by atoms with Crippen molar-refractivity contribution >= 4 is 10.8 Å². The van der Waals surface area contributed by atoms with Crippen LogP contribution < -0.4 is 9.47 Å². The predicted octanol–water partition coefficient (Wildman–Crippen LogP) is 4.47. The Bertz CT molecular complexity index is 707. The van der Waals surface area contributed by atoms with E-state index in [1.54, 1.807) is 6.20 Å². The van der Waals surface area contributed by atoms with Gasteiger partial charge in [0.05, 0.1) is 13.2 Å². The lowest BCUT2D eigenvalue weighted by atomic mass is 10.1. The summed E-state index contributed by atoms with van der Waals surface area (Å²) in [7, 11) is 0. The van der Waals surface area contributed by atoms with E-state index in [2.05, 4.69) is 23.2 Å². The molecule has 0 radical (unpaired) electrons. The van der Waals surface area contributed by atoms with Gasteiger partial charge in [-0.2, -0.15) is 0 Å². The van der Waals surface area contributed by atoms with Gasteiger partial charge in [0.1, 0.15) is 5.75 Å². The van der Waals surface area contributed by atoms with E-state index in [4.69, 9.17) is 9.47 Å². The van der Waals surface area contributed by atoms with Gasteiger partial charge in [-0.05, 0) is 30.4 Å². The minimum Gasteiger partial charge on any atom is -0.493 e. The van der Waals surface area contributed by atoms with Crippen molar-refractivity contribution in [1.82, 2.24) is 4.98 Å². The van der Waals surface area contributed by atoms with Gasteiger partial charge in [-0.3, -0.25) is 0 Å². The van der Waals surface area contributed by atoms with E-state index in [1.165, 1.54) is 5.39 Å². The number of nitrogens with zero attached hydrogens (tertiary/aromatic N) is 1. The van der Waals surface area contributed by atoms with Gasteiger partial charge in [-0.25, -0.2) is 4.98 Å². The molecular formula is C19H19NO2. The highest BCUT2D eigenvalue weighted by molar-refractivity contribution is 5.88. The molecule has 1 heterocycles. The summed E-state index contributed by atoms with van der Waals surface area (Å²) in [5.41, 5.74) is 0. The average Bonchev–Trinajstić information content (AvgIpc) is 2.59. The van der Waals surface area contributed by atoms with Crippen molar-refractivity contribution in [2.45, 2.75) is 12.8 Å². The molecule has 0 aliphatic heterocycles. The maximum absolute atomic E-state index is 5.90. The Hall–Kier alpha value is -2.55. The van der Waals surface area contributed by atoms with Crippen molar-refractivity contribution < 1.29 is 9.47 Å². The van der Waals surface area contributed by atoms with Gasteiger partial charge in [0.15, 0.2) is 0 Å². The molecule has 0 spiro atoms. The molecule has 3 rings (SSSR count). The molecule has 0 atom stereocenters. The first-order chi connectivity index (χ1) is 10.9. The molecule has 0 amide bonds. The van der Waals surface area contributed by atoms with Crippen LogP contribution >= 0.6 is 0 Å². The van der Waals surface area contributed by atoms with Crippen molar-refractivity contribution in [2.75, 3.05) is 13.2 Å². The maximum atomic E-state index is 5.90. The normalized spacial score (nSPS) is 10.5. The van der Waals surface area contributed by atoms with Gasteiger partial charge < -0.3 is 9.47 Å². The summed E-state index contributed by atoms with van der Waals surface area (Å²) < 4.78 is 11.5. The second-order valence-corrected chi connectivity index (χ2v) is 5.05. The van der Waals surface area contributed by atoms with Crippen LogP contribution in [-0.2, 0) is 0 Å². The van der Waals surface area contributed by atoms with E-state index in [9.17, 15) is 0 Å². The number of aromatic nitrogens is 1. The number of hydrogen-bond donors (Lipinski definition) is 0. The maximum Gasteiger partial charge on any atom is 0.213 e. The van der Waals surface area contributed by atoms with Gasteiger partial charge in [0.25, 0.3) is 0 Å². The number of hydrogen-bond acceptors (Lipinski definition) is 3. The van der Waals surface area contributed by atoms with Gasteiger partial charge in [-0.15, -0.1) is 0 Å². The molecule has 1 aromatic heterocycles. The first-order valence-electron chi connectivity index (χ1n) is 7.58. The number of benzene rings is 2. The second-order valence-electron chi connectivity index (χ2n) is 5.05. The van der Waals surface area contributed by atoms with E-state index < -0.39 is 0 Å². The van der Waals surface area contributed by atoms with Crippen LogP contribution in [0.4, 0.5) is 0 Å². The van der Waals surface area contributed by atoms with Crippen LogP contribution in [0, 0.1) is 0 Å². The van der Waals surface area contributed by atoms with Crippen LogP contribution in [0.25, 0.3) is 10.8 Å². The third kappa shape index (κ3) is 3.76. The highest BCUT2D eigenvalue weighted by atomic mass is 16.5. The fraction of sp³-hybridized carbons (Fsp3) is 0.211. The Morgan fingerprint density at radius 2 is 1.50 bits per heavy atom. The summed E-state index contributed by atoms with van der Waals surface area (Å²) in [5.74, 6) is 1.63. The smallest absolute Gasteiger partial charge is 0.213 e. The molecule has 0 fully saturated rings. The molecule has 0 unspecified atom stereocenters. The molecule has 0 saturated heterocycles. The zero-order valence-electron chi connectivity index (χ0n) is 12.4. The molecule has 0 bridgehead atoms. The summed E-state index contributed by atoms with van der Waals surface area (Å²) in [5, 5.41) is 2.37. The number of unbranched alkanes of at least 4 members (excludes halogenated alkanes) is 1. The van der Waals surface area contributed by atoms with Crippen molar-refractivity contribution in [3.63, 3.8) is 0 Å². The quantitative estimate of drug-likeness (QED) is 0.602. The van der Waals surface area contributed by atoms with Crippen molar-refractivity contribution in [3.05, 3.63) is 66.9 Å². The summed E-state index contributed by atoms with van der Waals surface area (Å²) in [6.45, 7) is 1.36. The van der Waals surface area contributed by atoms with E-state index in [0.29, 0.717) is 19.1 Å². The summed E-state index contributed by atoms with van der Waals surface area (Å²) in [6.07, 6.45) is 3.64. The lowest BCUT2D eigenvalue weighted by molar-refractivity contribution is 0.262. The van der Waals surface area contributed by atoms with Crippen LogP contribution in [0.1, 0.15) is 12.8 Å². The van der Waals surface area contributed by atoms with Crippen LogP contribution in [0.15, 0.2) is 66.9 Å². The SMILES string of the molecule is c1ccc(OCCCCOc2cccc3ccccc23)nc1. The molecular weight excluding hydrogens is 274 g/mol. The molecule has 112 valence electrons. The van der Waals surface area contributed by atoms with Crippen molar-refractivity contribution in [2.24, 2.45) is 0 Å². The Labute approximate surface area is 130 Å². The van der Waals surface area contributed by atoms with Gasteiger partial charge in [-0.1, -0.05) is 42.5 Å². The zero-order valence-corrected chi connectivity index (χ0v) is 12.4. The van der Waals surface area contributed by atoms with E-state index in [0.717, 1.165) is 24.0 Å². The van der Waals surface area contributed by atoms with Gasteiger partial charge in [0, 0.05) is 17.6 Å². The average molecular weight is 293 g/mol. The van der Waals surface area contributed by atoms with Crippen LogP contribution in [0.2, 0.25) is 0 Å². The highest BCUT2D eigenvalue weighted by Gasteiger charge is 2.01. The Morgan fingerprint density at radius 3 is 2.36 bits per heavy atom. The lowest BCUT2D eigenvalue weighted by Gasteiger charge is -2.09. The molecule has 0 aliphatic rings. The molecule has 3 aromatic rings. The fourth-order valence-electron chi connectivity index (χ4n) is 2.32. The highest BCUT2D eigenvalue weighted by Crippen LogP contribution is 2.25. The summed E-state index contributed by atoms with van der Waals surface area (Å²) >= 11 is 0. The fourth-order valence-corrected chi connectivity index (χ4v) is 2.32. The lowest BCUT2D eigenvalue weighted by Crippen LogP contribution is -2.03. The number of rotatable bonds is 7. The first kappa shape index (κ1) is 14.4. The molecule has 2 aromatic carbocycles. The standard InChI is InChI=1S/C19H19NO2/c1-2-10-17-16(8-1)9-7-11-18(17)21-14-5-6-15-22-19-12-3-4-13-20-19/h1-4,7-13H,5-6,14-15H2. The molecule has 0 aliphatic carbocycles. The monoisotopic (exact) mass is 293 g/mol. The van der Waals surface area contributed by atoms with Crippen LogP contribution in [-0.4, -0.2) is 18.2 Å². The third-order valence-corrected chi connectivity index (χ3v) is 3.43. The van der Waals surface area contributed by atoms with Crippen molar-refractivity contribution in [1.29, 1.82) is 0 Å². The largest absolute Gasteiger partial charge is 0.493 e. The molecule has 22 heavy (non-hydrogen) atoms. The summed E-state index contributed by atoms with van der Waals surface area (Å²) in [4.78, 5) is 4.12. The minimum atomic E-state index is 0.663. The number of pyridine rings is 1. The Morgan fingerprint density at radius 1 is 0.727 bits per heavy atom. The Balaban J connectivity index is 1.43. The topological polar surface area (TPSA) is 31.4 Å². The van der Waals surface area contributed by atoms with Gasteiger partial charge >= 0.3 is 0 Å². The second kappa shape index (κ2) is 7.46. The van der Waals surface area contributed by atoms with Crippen LogP contribution in [0.3, 0.4) is 0 Å². The zero-order chi connectivity index (χ0) is 15.0. The summed E-state index contributed by atoms with van der Waals surface area (Å²) in [6, 6.07) is 20.1. The minimum absolute atomic E-state index is 0.663. The number of fused-ring (bicyclic) bond motifs is 1. The van der Waals surface area contributed by atoms with E-state index in [-0.39, 0.29) is 0 Å². The first-order valence-corrected chi connectivity index (χ1v) is 7.58. The van der Waals surface area contributed by atoms with E-state index >= 15 is 0 Å². The molecule has 0 N–H and O–H groups in total. The molecule has 3 nitrogen and oxygen atoms in total. The van der Waals surface area contributed by atoms with Gasteiger partial charge in [0.2, 0.25) is 5.88 Å². The molecule has 0 saturated carbocycles. The van der Waals surface area contributed by atoms with E-state index in [1.807, 2.05) is 42.5 Å². The molecule has 3 heteroatoms. The van der Waals surface area contributed by atoms with Crippen molar-refractivity contribution in [3.8, 4) is 11.6 Å². The van der Waals surface area contributed by atoms with Crippen LogP contribution in [0.5, 0.6) is 11.6 Å².